The molecule has 0 radical (unpaired) electrons. The molecular weight excluding hydrogens is 902 g/mol. The molecule has 10 nitrogen and oxygen atoms in total. The molecule has 0 spiro atoms. The predicted octanol–water partition coefficient (Wildman–Crippen LogP) is 12.3. The van der Waals surface area contributed by atoms with Crippen LogP contribution in [0.4, 0.5) is 35.9 Å². The maximum atomic E-state index is 13.0. The van der Waals surface area contributed by atoms with Crippen LogP contribution in [0.2, 0.25) is 0 Å². The number of rotatable bonds is 12. The van der Waals surface area contributed by atoms with E-state index in [2.05, 4.69) is 20.7 Å². The number of benzene rings is 4. The number of esters is 1. The number of amides is 2. The highest BCUT2D eigenvalue weighted by atomic mass is 79.9. The highest BCUT2D eigenvalue weighted by molar-refractivity contribution is 9.10. The summed E-state index contributed by atoms with van der Waals surface area (Å²) >= 11 is 3.46. The van der Waals surface area contributed by atoms with E-state index >= 15 is 0 Å². The smallest absolute Gasteiger partial charge is 0.416 e. The average molecular weight is 954 g/mol. The maximum Gasteiger partial charge on any atom is 0.416 e. The topological polar surface area (TPSA) is 104 Å². The van der Waals surface area contributed by atoms with Crippen LogP contribution < -0.4 is 9.47 Å². The Morgan fingerprint density at radius 2 is 0.968 bits per heavy atom. The maximum absolute atomic E-state index is 13.0. The van der Waals surface area contributed by atoms with Gasteiger partial charge in [-0.2, -0.15) is 26.3 Å². The lowest BCUT2D eigenvalue weighted by Gasteiger charge is -2.28. The molecule has 4 aromatic rings. The van der Waals surface area contributed by atoms with Crippen molar-refractivity contribution in [3.05, 3.63) is 134 Å². The van der Waals surface area contributed by atoms with Gasteiger partial charge >= 0.3 is 30.5 Å². The van der Waals surface area contributed by atoms with Crippen molar-refractivity contribution < 1.29 is 64.4 Å². The standard InChI is InChI=1S/C25H28F3NO5.C21H23BrF3NO3/c1-24(2,3)34-23(31)29(15-17-6-10-20(11-7-17)25(26,27)28)16-19-14-21(32-4)12-8-18(19)9-13-22(30)33-5;1-20(2,3)29-19(27)26(13-15-11-17(28-4)9-10-18(15)22)12-14-5-7-16(8-6-14)21(23,24)25/h6-14H,15-16H2,1-5H3;5-11H,12-13H2,1-4H3. The van der Waals surface area contributed by atoms with Gasteiger partial charge in [0.2, 0.25) is 0 Å². The summed E-state index contributed by atoms with van der Waals surface area (Å²) in [5.74, 6) is 0.612. The van der Waals surface area contributed by atoms with Crippen LogP contribution in [0.3, 0.4) is 0 Å². The number of ether oxygens (including phenoxy) is 5. The van der Waals surface area contributed by atoms with Gasteiger partial charge in [0.15, 0.2) is 0 Å². The molecule has 0 heterocycles. The van der Waals surface area contributed by atoms with E-state index in [1.807, 2.05) is 0 Å². The number of methoxy groups -OCH3 is 3. The molecule has 0 aromatic heterocycles. The summed E-state index contributed by atoms with van der Waals surface area (Å²) in [5.41, 5.74) is 0.102. The van der Waals surface area contributed by atoms with Gasteiger partial charge in [-0.15, -0.1) is 0 Å². The highest BCUT2D eigenvalue weighted by Crippen LogP contribution is 2.32. The second kappa shape index (κ2) is 22.1. The Labute approximate surface area is 371 Å². The molecule has 0 unspecified atom stereocenters. The molecular formula is C46H51BrF6N2O8. The van der Waals surface area contributed by atoms with Crippen LogP contribution in [-0.2, 0) is 57.5 Å². The number of hydrogen-bond acceptors (Lipinski definition) is 8. The monoisotopic (exact) mass is 952 g/mol. The summed E-state index contributed by atoms with van der Waals surface area (Å²) in [5, 5.41) is 0. The van der Waals surface area contributed by atoms with E-state index in [0.717, 1.165) is 34.3 Å². The van der Waals surface area contributed by atoms with Crippen molar-refractivity contribution >= 4 is 40.2 Å². The fraction of sp³-hybridized carbons (Fsp3) is 0.370. The number of nitrogens with zero attached hydrogens (tertiary/aromatic N) is 2. The minimum Gasteiger partial charge on any atom is -0.497 e. The lowest BCUT2D eigenvalue weighted by molar-refractivity contribution is -0.138. The molecule has 0 N–H and O–H groups in total. The van der Waals surface area contributed by atoms with Gasteiger partial charge in [0.05, 0.1) is 45.5 Å². The van der Waals surface area contributed by atoms with Crippen LogP contribution >= 0.6 is 15.9 Å². The third kappa shape index (κ3) is 17.5. The van der Waals surface area contributed by atoms with Crippen LogP contribution in [-0.4, -0.2) is 60.5 Å². The molecule has 0 saturated carbocycles. The van der Waals surface area contributed by atoms with Crippen LogP contribution in [0.25, 0.3) is 6.08 Å². The molecule has 0 saturated heterocycles. The van der Waals surface area contributed by atoms with Crippen molar-refractivity contribution in [1.82, 2.24) is 9.80 Å². The Balaban J connectivity index is 0.000000340. The van der Waals surface area contributed by atoms with Crippen molar-refractivity contribution in [2.24, 2.45) is 0 Å². The Morgan fingerprint density at radius 1 is 0.571 bits per heavy atom. The molecule has 0 aliphatic rings. The molecule has 0 fully saturated rings. The quantitative estimate of drug-likeness (QED) is 0.0599. The van der Waals surface area contributed by atoms with E-state index in [-0.39, 0.29) is 26.2 Å². The average Bonchev–Trinajstić information content (AvgIpc) is 3.19. The Hall–Kier alpha value is -5.71. The number of carbonyl (C=O) groups excluding carboxylic acids is 3. The van der Waals surface area contributed by atoms with Crippen molar-refractivity contribution in [3.63, 3.8) is 0 Å². The minimum atomic E-state index is -4.45. The van der Waals surface area contributed by atoms with Gasteiger partial charge in [0, 0.05) is 23.6 Å². The lowest BCUT2D eigenvalue weighted by Crippen LogP contribution is -2.36. The first-order chi connectivity index (χ1) is 29.2. The fourth-order valence-electron chi connectivity index (χ4n) is 5.51. The first-order valence-electron chi connectivity index (χ1n) is 19.2. The third-order valence-corrected chi connectivity index (χ3v) is 9.31. The summed E-state index contributed by atoms with van der Waals surface area (Å²) in [6.07, 6.45) is -7.27. The largest absolute Gasteiger partial charge is 0.497 e. The van der Waals surface area contributed by atoms with Gasteiger partial charge in [0.1, 0.15) is 22.7 Å². The summed E-state index contributed by atoms with van der Waals surface area (Å²) < 4.78 is 104. The molecule has 0 bridgehead atoms. The van der Waals surface area contributed by atoms with Crippen molar-refractivity contribution in [3.8, 4) is 11.5 Å². The number of halogens is 7. The van der Waals surface area contributed by atoms with Crippen LogP contribution in [0.15, 0.2) is 95.5 Å². The van der Waals surface area contributed by atoms with Gasteiger partial charge in [-0.05, 0) is 130 Å². The Kier molecular flexibility index (Phi) is 18.1. The molecule has 0 aliphatic heterocycles. The number of carbonyl (C=O) groups is 3. The van der Waals surface area contributed by atoms with E-state index in [9.17, 15) is 40.7 Å². The number of alkyl halides is 6. The SMILES string of the molecule is COC(=O)C=Cc1ccc(OC)cc1CN(Cc1ccc(C(F)(F)F)cc1)C(=O)OC(C)(C)C.COc1ccc(Br)c(CN(Cc2ccc(C(F)(F)F)cc2)C(=O)OC(C)(C)C)c1. The van der Waals surface area contributed by atoms with Crippen molar-refractivity contribution in [1.29, 1.82) is 0 Å². The second-order valence-electron chi connectivity index (χ2n) is 15.9. The first-order valence-corrected chi connectivity index (χ1v) is 20.0. The summed E-state index contributed by atoms with van der Waals surface area (Å²) in [4.78, 5) is 40.1. The first kappa shape index (κ1) is 51.6. The molecule has 4 rings (SSSR count). The van der Waals surface area contributed by atoms with Gasteiger partial charge < -0.3 is 23.7 Å². The predicted molar refractivity (Wildman–Crippen MR) is 229 cm³/mol. The van der Waals surface area contributed by atoms with Crippen LogP contribution in [0.1, 0.15) is 80.5 Å². The zero-order valence-corrected chi connectivity index (χ0v) is 38.0. The van der Waals surface area contributed by atoms with E-state index in [4.69, 9.17) is 18.9 Å². The van der Waals surface area contributed by atoms with Crippen molar-refractivity contribution in [2.45, 2.75) is 91.3 Å². The third-order valence-electron chi connectivity index (χ3n) is 8.54. The fourth-order valence-corrected chi connectivity index (χ4v) is 5.88. The zero-order valence-electron chi connectivity index (χ0n) is 36.4. The molecule has 63 heavy (non-hydrogen) atoms. The molecule has 4 aromatic carbocycles. The second-order valence-corrected chi connectivity index (χ2v) is 16.8. The zero-order chi connectivity index (χ0) is 47.3. The summed E-state index contributed by atoms with van der Waals surface area (Å²) in [6, 6.07) is 19.8. The lowest BCUT2D eigenvalue weighted by atomic mass is 10.0. The van der Waals surface area contributed by atoms with Gasteiger partial charge in [0.25, 0.3) is 0 Å². The normalized spacial score (nSPS) is 11.9. The summed E-state index contributed by atoms with van der Waals surface area (Å²) in [7, 11) is 4.30. The highest BCUT2D eigenvalue weighted by Gasteiger charge is 2.32. The van der Waals surface area contributed by atoms with E-state index in [1.54, 1.807) is 91.1 Å². The molecule has 0 atom stereocenters. The molecule has 2 amide bonds. The van der Waals surface area contributed by atoms with Crippen molar-refractivity contribution in [2.75, 3.05) is 21.3 Å². The van der Waals surface area contributed by atoms with E-state index in [1.165, 1.54) is 54.4 Å². The number of hydrogen-bond donors (Lipinski definition) is 0. The van der Waals surface area contributed by atoms with Gasteiger partial charge in [-0.25, -0.2) is 14.4 Å². The molecule has 17 heteroatoms. The van der Waals surface area contributed by atoms with E-state index < -0.39 is 52.8 Å². The van der Waals surface area contributed by atoms with Gasteiger partial charge in [-0.3, -0.25) is 9.80 Å². The minimum absolute atomic E-state index is 0.00438. The van der Waals surface area contributed by atoms with Gasteiger partial charge in [-0.1, -0.05) is 46.3 Å². The molecule has 0 aliphatic carbocycles. The van der Waals surface area contributed by atoms with Crippen LogP contribution in [0.5, 0.6) is 11.5 Å². The Morgan fingerprint density at radius 3 is 1.35 bits per heavy atom. The summed E-state index contributed by atoms with van der Waals surface area (Å²) in [6.45, 7) is 10.8. The molecule has 342 valence electrons. The Bertz CT molecular complexity index is 2180. The van der Waals surface area contributed by atoms with E-state index in [0.29, 0.717) is 33.8 Å². The van der Waals surface area contributed by atoms with Crippen LogP contribution in [0, 0.1) is 0 Å².